The first-order chi connectivity index (χ1) is 14.7. The average molecular weight is 486 g/mol. The fourth-order valence-corrected chi connectivity index (χ4v) is 5.59. The van der Waals surface area contributed by atoms with Crippen LogP contribution in [0, 0.1) is 0 Å². The number of nitrogens with one attached hydrogen (secondary N) is 2. The van der Waals surface area contributed by atoms with Gasteiger partial charge in [0.15, 0.2) is 17.0 Å². The summed E-state index contributed by atoms with van der Waals surface area (Å²) in [5.74, 6) is 1.42. The summed E-state index contributed by atoms with van der Waals surface area (Å²) >= 11 is 0. The molecule has 32 heavy (non-hydrogen) atoms. The third-order valence-corrected chi connectivity index (χ3v) is 7.49. The standard InChI is InChI=1S/C22H35N7O.2ClH/c23-15-7-9-16(10-8-15)25-21-26-19(28-22(13-30)11-3-4-12-22)18-20(27-21)29(14-24-18)17-5-1-2-6-17;;/h14-17,30H,1-13,23H2,(H2,25,26,27,28);2*1H. The summed E-state index contributed by atoms with van der Waals surface area (Å²) in [6, 6.07) is 1.15. The van der Waals surface area contributed by atoms with Crippen LogP contribution in [0.4, 0.5) is 11.8 Å². The van der Waals surface area contributed by atoms with Crippen molar-refractivity contribution in [3.05, 3.63) is 6.33 Å². The summed E-state index contributed by atoms with van der Waals surface area (Å²) in [6.45, 7) is 0.116. The lowest BCUT2D eigenvalue weighted by molar-refractivity contribution is 0.214. The fraction of sp³-hybridized carbons (Fsp3) is 0.773. The Morgan fingerprint density at radius 2 is 1.69 bits per heavy atom. The van der Waals surface area contributed by atoms with Crippen molar-refractivity contribution < 1.29 is 5.11 Å². The number of rotatable bonds is 6. The Bertz CT molecular complexity index is 873. The highest BCUT2D eigenvalue weighted by Gasteiger charge is 2.35. The molecule has 0 saturated heterocycles. The lowest BCUT2D eigenvalue weighted by Gasteiger charge is -2.29. The molecule has 3 aliphatic carbocycles. The number of hydrogen-bond donors (Lipinski definition) is 4. The van der Waals surface area contributed by atoms with Crippen LogP contribution in [-0.2, 0) is 0 Å². The highest BCUT2D eigenvalue weighted by Crippen LogP contribution is 2.36. The average Bonchev–Trinajstić information content (AvgIpc) is 3.50. The number of nitrogens with two attached hydrogens (primary N) is 1. The predicted molar refractivity (Wildman–Crippen MR) is 133 cm³/mol. The second kappa shape index (κ2) is 10.7. The molecular weight excluding hydrogens is 449 g/mol. The molecule has 0 amide bonds. The van der Waals surface area contributed by atoms with E-state index < -0.39 is 0 Å². The Kier molecular flexibility index (Phi) is 8.47. The monoisotopic (exact) mass is 485 g/mol. The van der Waals surface area contributed by atoms with Crippen molar-refractivity contribution in [2.75, 3.05) is 17.2 Å². The van der Waals surface area contributed by atoms with Crippen LogP contribution in [0.2, 0.25) is 0 Å². The third-order valence-electron chi connectivity index (χ3n) is 7.49. The smallest absolute Gasteiger partial charge is 0.227 e. The van der Waals surface area contributed by atoms with Gasteiger partial charge in [0.05, 0.1) is 18.5 Å². The number of anilines is 2. The Hall–Kier alpha value is -1.35. The predicted octanol–water partition coefficient (Wildman–Crippen LogP) is 4.18. The Balaban J connectivity index is 0.00000144. The van der Waals surface area contributed by atoms with E-state index in [9.17, 15) is 5.11 Å². The van der Waals surface area contributed by atoms with Gasteiger partial charge < -0.3 is 26.0 Å². The molecule has 5 rings (SSSR count). The zero-order valence-corrected chi connectivity index (χ0v) is 20.3. The first-order valence-electron chi connectivity index (χ1n) is 11.8. The van der Waals surface area contributed by atoms with E-state index >= 15 is 0 Å². The van der Waals surface area contributed by atoms with Crippen molar-refractivity contribution in [1.82, 2.24) is 19.5 Å². The van der Waals surface area contributed by atoms with Crippen LogP contribution in [-0.4, -0.2) is 48.9 Å². The molecule has 180 valence electrons. The van der Waals surface area contributed by atoms with E-state index in [1.54, 1.807) is 0 Å². The number of imidazole rings is 1. The molecule has 0 atom stereocenters. The second-order valence-corrected chi connectivity index (χ2v) is 9.68. The lowest BCUT2D eigenvalue weighted by Crippen LogP contribution is -2.39. The van der Waals surface area contributed by atoms with Gasteiger partial charge in [0.1, 0.15) is 0 Å². The molecule has 0 spiro atoms. The minimum absolute atomic E-state index is 0. The molecule has 2 aromatic rings. The molecule has 8 nitrogen and oxygen atoms in total. The molecule has 0 aromatic carbocycles. The Labute approximate surface area is 202 Å². The quantitative estimate of drug-likeness (QED) is 0.484. The van der Waals surface area contributed by atoms with Gasteiger partial charge >= 0.3 is 0 Å². The summed E-state index contributed by atoms with van der Waals surface area (Å²) in [5, 5.41) is 17.3. The molecule has 3 fully saturated rings. The number of halogens is 2. The minimum Gasteiger partial charge on any atom is -0.394 e. The molecule has 0 bridgehead atoms. The summed E-state index contributed by atoms with van der Waals surface area (Å²) in [7, 11) is 0. The van der Waals surface area contributed by atoms with Crippen LogP contribution in [0.5, 0.6) is 0 Å². The first-order valence-corrected chi connectivity index (χ1v) is 11.8. The normalized spacial score (nSPS) is 25.3. The van der Waals surface area contributed by atoms with E-state index in [2.05, 4.69) is 15.2 Å². The number of aromatic nitrogens is 4. The van der Waals surface area contributed by atoms with Gasteiger partial charge in [0.25, 0.3) is 0 Å². The number of fused-ring (bicyclic) bond motifs is 1. The van der Waals surface area contributed by atoms with Crippen LogP contribution < -0.4 is 16.4 Å². The molecule has 0 unspecified atom stereocenters. The molecule has 10 heteroatoms. The van der Waals surface area contributed by atoms with E-state index in [0.29, 0.717) is 24.1 Å². The van der Waals surface area contributed by atoms with Crippen LogP contribution >= 0.6 is 24.8 Å². The lowest BCUT2D eigenvalue weighted by atomic mass is 9.92. The van der Waals surface area contributed by atoms with Gasteiger partial charge in [-0.3, -0.25) is 0 Å². The highest BCUT2D eigenvalue weighted by atomic mass is 35.5. The summed E-state index contributed by atoms with van der Waals surface area (Å²) in [6.07, 6.45) is 15.2. The van der Waals surface area contributed by atoms with Gasteiger partial charge in [-0.1, -0.05) is 25.7 Å². The van der Waals surface area contributed by atoms with E-state index in [1.165, 1.54) is 25.7 Å². The van der Waals surface area contributed by atoms with Crippen molar-refractivity contribution in [2.45, 2.75) is 101 Å². The molecule has 2 aromatic heterocycles. The van der Waals surface area contributed by atoms with Crippen LogP contribution in [0.15, 0.2) is 6.33 Å². The first kappa shape index (κ1) is 25.3. The molecule has 0 aliphatic heterocycles. The van der Waals surface area contributed by atoms with E-state index in [4.69, 9.17) is 20.7 Å². The number of nitrogens with zero attached hydrogens (tertiary/aromatic N) is 4. The zero-order chi connectivity index (χ0) is 20.6. The van der Waals surface area contributed by atoms with Crippen LogP contribution in [0.1, 0.15) is 83.1 Å². The van der Waals surface area contributed by atoms with Crippen molar-refractivity contribution in [3.63, 3.8) is 0 Å². The van der Waals surface area contributed by atoms with Crippen molar-refractivity contribution >= 4 is 47.7 Å². The van der Waals surface area contributed by atoms with Gasteiger partial charge in [-0.05, 0) is 51.4 Å². The Morgan fingerprint density at radius 1 is 1.00 bits per heavy atom. The van der Waals surface area contributed by atoms with Crippen molar-refractivity contribution in [1.29, 1.82) is 0 Å². The topological polar surface area (TPSA) is 114 Å². The van der Waals surface area contributed by atoms with Gasteiger partial charge in [0, 0.05) is 18.1 Å². The maximum absolute atomic E-state index is 10.1. The van der Waals surface area contributed by atoms with Crippen LogP contribution in [0.3, 0.4) is 0 Å². The third kappa shape index (κ3) is 5.08. The van der Waals surface area contributed by atoms with E-state index in [1.807, 2.05) is 6.33 Å². The minimum atomic E-state index is -0.298. The van der Waals surface area contributed by atoms with Gasteiger partial charge in [-0.2, -0.15) is 9.97 Å². The molecule has 2 heterocycles. The van der Waals surface area contributed by atoms with Gasteiger partial charge in [-0.15, -0.1) is 24.8 Å². The number of aliphatic hydroxyl groups excluding tert-OH is 1. The second-order valence-electron chi connectivity index (χ2n) is 9.68. The van der Waals surface area contributed by atoms with E-state index in [0.717, 1.165) is 68.3 Å². The molecule has 3 aliphatic rings. The summed E-state index contributed by atoms with van der Waals surface area (Å²) < 4.78 is 2.25. The molecular formula is C22H37Cl2N7O. The number of hydrogen-bond acceptors (Lipinski definition) is 7. The summed E-state index contributed by atoms with van der Waals surface area (Å²) in [4.78, 5) is 14.5. The highest BCUT2D eigenvalue weighted by molar-refractivity contribution is 5.86. The molecule has 5 N–H and O–H groups in total. The summed E-state index contributed by atoms with van der Waals surface area (Å²) in [5.41, 5.74) is 7.50. The van der Waals surface area contributed by atoms with Crippen LogP contribution in [0.25, 0.3) is 11.2 Å². The fourth-order valence-electron chi connectivity index (χ4n) is 5.59. The van der Waals surface area contributed by atoms with Crippen molar-refractivity contribution in [3.8, 4) is 0 Å². The van der Waals surface area contributed by atoms with E-state index in [-0.39, 0.29) is 37.0 Å². The van der Waals surface area contributed by atoms with Crippen molar-refractivity contribution in [2.24, 2.45) is 5.73 Å². The van der Waals surface area contributed by atoms with Gasteiger partial charge in [-0.25, -0.2) is 4.98 Å². The SMILES string of the molecule is Cl.Cl.NC1CCC(Nc2nc(NC3(CO)CCCC3)c3ncn(C4CCCC4)c3n2)CC1. The maximum atomic E-state index is 10.1. The largest absolute Gasteiger partial charge is 0.394 e. The van der Waals surface area contributed by atoms with Gasteiger partial charge in [0.2, 0.25) is 5.95 Å². The Morgan fingerprint density at radius 3 is 2.34 bits per heavy atom. The number of aliphatic hydroxyl groups is 1. The zero-order valence-electron chi connectivity index (χ0n) is 18.6. The molecule has 3 saturated carbocycles. The molecule has 0 radical (unpaired) electrons. The maximum Gasteiger partial charge on any atom is 0.227 e.